The van der Waals surface area contributed by atoms with Crippen molar-refractivity contribution in [2.75, 3.05) is 6.61 Å². The molecule has 0 heterocycles. The van der Waals surface area contributed by atoms with Gasteiger partial charge < -0.3 is 9.84 Å². The molecule has 2 atom stereocenters. The summed E-state index contributed by atoms with van der Waals surface area (Å²) >= 11 is 0. The highest BCUT2D eigenvalue weighted by Crippen LogP contribution is 2.19. The number of hydrogen-bond donors (Lipinski definition) is 1. The first kappa shape index (κ1) is 15.2. The molecule has 1 N–H and O–H groups in total. The van der Waals surface area contributed by atoms with Crippen molar-refractivity contribution >= 4 is 0 Å². The molecule has 0 aromatic heterocycles. The molecule has 1 rings (SSSR count). The topological polar surface area (TPSA) is 29.5 Å². The van der Waals surface area contributed by atoms with Crippen molar-refractivity contribution in [2.45, 2.75) is 59.2 Å². The van der Waals surface area contributed by atoms with E-state index in [4.69, 9.17) is 4.74 Å². The Kier molecular flexibility index (Phi) is 6.37. The van der Waals surface area contributed by atoms with E-state index in [0.29, 0.717) is 13.0 Å². The molecule has 0 spiro atoms. The van der Waals surface area contributed by atoms with Gasteiger partial charge in [-0.15, -0.1) is 0 Å². The van der Waals surface area contributed by atoms with Gasteiger partial charge in [0.15, 0.2) is 0 Å². The third-order valence-corrected chi connectivity index (χ3v) is 3.44. The Balaban J connectivity index is 2.75. The molecule has 0 fully saturated rings. The molecule has 0 aliphatic rings. The van der Waals surface area contributed by atoms with E-state index >= 15 is 0 Å². The lowest BCUT2D eigenvalue weighted by atomic mass is 9.94. The van der Waals surface area contributed by atoms with Gasteiger partial charge in [0, 0.05) is 13.0 Å². The van der Waals surface area contributed by atoms with Crippen LogP contribution in [0.4, 0.5) is 0 Å². The van der Waals surface area contributed by atoms with E-state index in [-0.39, 0.29) is 6.10 Å². The van der Waals surface area contributed by atoms with Gasteiger partial charge in [-0.25, -0.2) is 0 Å². The van der Waals surface area contributed by atoms with Crippen LogP contribution in [0.15, 0.2) is 18.2 Å². The van der Waals surface area contributed by atoms with Crippen LogP contribution in [0, 0.1) is 13.8 Å². The molecule has 18 heavy (non-hydrogen) atoms. The van der Waals surface area contributed by atoms with E-state index in [9.17, 15) is 5.11 Å². The fraction of sp³-hybridized carbons (Fsp3) is 0.625. The minimum Gasteiger partial charge on any atom is -0.390 e. The van der Waals surface area contributed by atoms with Gasteiger partial charge in [0.2, 0.25) is 0 Å². The average molecular weight is 250 g/mol. The molecule has 2 nitrogen and oxygen atoms in total. The molecule has 102 valence electrons. The van der Waals surface area contributed by atoms with Gasteiger partial charge in [0.05, 0.1) is 12.2 Å². The Labute approximate surface area is 111 Å². The van der Waals surface area contributed by atoms with Crippen LogP contribution in [0.2, 0.25) is 0 Å². The smallest absolute Gasteiger partial charge is 0.0842 e. The molecule has 0 aliphatic heterocycles. The van der Waals surface area contributed by atoms with Crippen molar-refractivity contribution in [3.05, 3.63) is 34.9 Å². The average Bonchev–Trinajstić information content (AvgIpc) is 2.33. The molecule has 1 aromatic carbocycles. The summed E-state index contributed by atoms with van der Waals surface area (Å²) < 4.78 is 5.65. The number of benzene rings is 1. The lowest BCUT2D eigenvalue weighted by molar-refractivity contribution is -0.0364. The van der Waals surface area contributed by atoms with Crippen LogP contribution in [0.25, 0.3) is 0 Å². The minimum absolute atomic E-state index is 0.0426. The molecule has 0 amide bonds. The molecule has 0 aliphatic carbocycles. The van der Waals surface area contributed by atoms with Crippen LogP contribution in [0.3, 0.4) is 0 Å². The highest BCUT2D eigenvalue weighted by Gasteiger charge is 2.20. The third-order valence-electron chi connectivity index (χ3n) is 3.44. The lowest BCUT2D eigenvalue weighted by Gasteiger charge is -2.24. The molecule has 0 bridgehead atoms. The van der Waals surface area contributed by atoms with Gasteiger partial charge in [-0.05, 0) is 43.9 Å². The molecule has 0 saturated carbocycles. The molecule has 2 heteroatoms. The van der Waals surface area contributed by atoms with Gasteiger partial charge >= 0.3 is 0 Å². The Morgan fingerprint density at radius 1 is 1.17 bits per heavy atom. The molecule has 0 radical (unpaired) electrons. The van der Waals surface area contributed by atoms with Crippen LogP contribution in [0.1, 0.15) is 43.4 Å². The van der Waals surface area contributed by atoms with Gasteiger partial charge in [0.1, 0.15) is 0 Å². The fourth-order valence-electron chi connectivity index (χ4n) is 2.40. The first-order valence-electron chi connectivity index (χ1n) is 6.94. The van der Waals surface area contributed by atoms with Crippen LogP contribution < -0.4 is 0 Å². The second-order valence-electron chi connectivity index (χ2n) is 4.92. The number of rotatable bonds is 7. The zero-order valence-electron chi connectivity index (χ0n) is 12.1. The standard InChI is InChI=1S/C16H26O2/c1-5-8-16(18-6-2)15(17)11-14-12(3)9-7-10-13(14)4/h7,9-10,15-17H,5-6,8,11H2,1-4H3. The largest absolute Gasteiger partial charge is 0.390 e. The maximum Gasteiger partial charge on any atom is 0.0842 e. The Morgan fingerprint density at radius 2 is 1.78 bits per heavy atom. The summed E-state index contributed by atoms with van der Waals surface area (Å²) in [4.78, 5) is 0. The summed E-state index contributed by atoms with van der Waals surface area (Å²) in [6, 6.07) is 6.27. The lowest BCUT2D eigenvalue weighted by Crippen LogP contribution is -2.31. The van der Waals surface area contributed by atoms with E-state index in [2.05, 4.69) is 39.0 Å². The highest BCUT2D eigenvalue weighted by molar-refractivity contribution is 5.34. The Morgan fingerprint density at radius 3 is 2.28 bits per heavy atom. The van der Waals surface area contributed by atoms with Gasteiger partial charge in [-0.3, -0.25) is 0 Å². The van der Waals surface area contributed by atoms with Crippen molar-refractivity contribution in [3.8, 4) is 0 Å². The summed E-state index contributed by atoms with van der Waals surface area (Å²) in [5, 5.41) is 10.3. The van der Waals surface area contributed by atoms with Gasteiger partial charge in [-0.2, -0.15) is 0 Å². The zero-order valence-corrected chi connectivity index (χ0v) is 12.1. The Bertz CT molecular complexity index is 334. The number of aryl methyl sites for hydroxylation is 2. The summed E-state index contributed by atoms with van der Waals surface area (Å²) in [6.45, 7) is 8.97. The van der Waals surface area contributed by atoms with E-state index < -0.39 is 6.10 Å². The molecule has 2 unspecified atom stereocenters. The number of aliphatic hydroxyl groups is 1. The van der Waals surface area contributed by atoms with Crippen LogP contribution in [-0.4, -0.2) is 23.9 Å². The molecule has 1 aromatic rings. The van der Waals surface area contributed by atoms with Crippen molar-refractivity contribution in [3.63, 3.8) is 0 Å². The Hall–Kier alpha value is -0.860. The maximum atomic E-state index is 10.3. The minimum atomic E-state index is -0.412. The predicted octanol–water partition coefficient (Wildman–Crippen LogP) is 3.41. The first-order valence-corrected chi connectivity index (χ1v) is 6.94. The van der Waals surface area contributed by atoms with Gasteiger partial charge in [0.25, 0.3) is 0 Å². The highest BCUT2D eigenvalue weighted by atomic mass is 16.5. The normalized spacial score (nSPS) is 14.5. The molecular weight excluding hydrogens is 224 g/mol. The zero-order chi connectivity index (χ0) is 13.5. The van der Waals surface area contributed by atoms with Crippen LogP contribution in [0.5, 0.6) is 0 Å². The van der Waals surface area contributed by atoms with Crippen LogP contribution >= 0.6 is 0 Å². The molecule has 0 saturated heterocycles. The first-order chi connectivity index (χ1) is 8.60. The number of aliphatic hydroxyl groups excluding tert-OH is 1. The van der Waals surface area contributed by atoms with Crippen molar-refractivity contribution in [2.24, 2.45) is 0 Å². The van der Waals surface area contributed by atoms with Crippen LogP contribution in [-0.2, 0) is 11.2 Å². The second kappa shape index (κ2) is 7.55. The van der Waals surface area contributed by atoms with E-state index in [1.807, 2.05) is 6.92 Å². The summed E-state index contributed by atoms with van der Waals surface area (Å²) in [5.74, 6) is 0. The van der Waals surface area contributed by atoms with E-state index in [1.54, 1.807) is 0 Å². The summed E-state index contributed by atoms with van der Waals surface area (Å²) in [7, 11) is 0. The fourth-order valence-corrected chi connectivity index (χ4v) is 2.40. The number of hydrogen-bond acceptors (Lipinski definition) is 2. The quantitative estimate of drug-likeness (QED) is 0.803. The monoisotopic (exact) mass is 250 g/mol. The second-order valence-corrected chi connectivity index (χ2v) is 4.92. The third kappa shape index (κ3) is 4.11. The maximum absolute atomic E-state index is 10.3. The van der Waals surface area contributed by atoms with Crippen molar-refractivity contribution in [1.82, 2.24) is 0 Å². The van der Waals surface area contributed by atoms with Gasteiger partial charge in [-0.1, -0.05) is 31.5 Å². The SMILES string of the molecule is CCCC(OCC)C(O)Cc1c(C)cccc1C. The van der Waals surface area contributed by atoms with E-state index in [1.165, 1.54) is 16.7 Å². The summed E-state index contributed by atoms with van der Waals surface area (Å²) in [5.41, 5.74) is 3.76. The van der Waals surface area contributed by atoms with Crippen molar-refractivity contribution < 1.29 is 9.84 Å². The van der Waals surface area contributed by atoms with Crippen molar-refractivity contribution in [1.29, 1.82) is 0 Å². The predicted molar refractivity (Wildman–Crippen MR) is 75.9 cm³/mol. The van der Waals surface area contributed by atoms with E-state index in [0.717, 1.165) is 12.8 Å². The number of ether oxygens (including phenoxy) is 1. The summed E-state index contributed by atoms with van der Waals surface area (Å²) in [6.07, 6.45) is 2.18. The molecular formula is C16H26O2.